The van der Waals surface area contributed by atoms with E-state index in [2.05, 4.69) is 0 Å². The van der Waals surface area contributed by atoms with Crippen molar-refractivity contribution in [3.05, 3.63) is 0 Å². The molecule has 106 valence electrons. The third kappa shape index (κ3) is 177. The molecule has 0 aliphatic rings. The second-order valence-electron chi connectivity index (χ2n) is 0. The van der Waals surface area contributed by atoms with E-state index in [1.165, 1.54) is 0 Å². The van der Waals surface area contributed by atoms with Gasteiger partial charge in [0.05, 0.1) is 0 Å². The second-order valence-corrected chi connectivity index (χ2v) is 0. The Bertz CT molecular complexity index is 34.7. The van der Waals surface area contributed by atoms with Gasteiger partial charge in [-0.05, 0) is 0 Å². The fraction of sp³-hybridized carbons (Fsp3) is 0. The topological polar surface area (TPSA) is 0 Å². The predicted molar refractivity (Wildman–Crippen MR) is 97.8 cm³/mol. The first-order chi connectivity index (χ1) is 0. The van der Waals surface area contributed by atoms with E-state index in [0.717, 1.165) is 0 Å². The molecule has 0 nitrogen and oxygen atoms in total. The Morgan fingerprint density at radius 2 is 0.263 bits per heavy atom. The van der Waals surface area contributed by atoms with Crippen LogP contribution >= 0.6 is 0 Å². The average molecular weight is 1420 g/mol. The normalized spacial score (nSPS) is 0. The maximum Gasteiger partial charge on any atom is 3.00 e. The van der Waals surface area contributed by atoms with Gasteiger partial charge in [-0.2, -0.15) is 0 Å². The fourth-order valence-corrected chi connectivity index (χ4v) is 0. The van der Waals surface area contributed by atoms with Crippen molar-refractivity contribution >= 4 is 314 Å². The molecule has 0 aliphatic carbocycles. The first-order valence-electron chi connectivity index (χ1n) is 0. The van der Waals surface area contributed by atoms with Gasteiger partial charge in [-0.3, -0.25) is 0 Å². The molecule has 0 N–H and O–H groups in total. The summed E-state index contributed by atoms with van der Waals surface area (Å²) in [5.74, 6) is 0. The SMILES string of the molecule is [Al+3].[Al+3].[Cu+2].[Cu+2].[Ga+3].[Ga+3].[In+3].[In+3].[Se-2].[Se-2].[Se-2].[Se-2].[Se-2].[Se-2].[Se-2].[Se-2].[Se-2].[Se-2].[Se-2]. The van der Waals surface area contributed by atoms with Gasteiger partial charge >= 0.3 is 160 Å². The molecule has 0 saturated heterocycles. The van der Waals surface area contributed by atoms with Gasteiger partial charge in [0.2, 0.25) is 0 Å². The van der Waals surface area contributed by atoms with Crippen LogP contribution in [0.1, 0.15) is 0 Å². The van der Waals surface area contributed by atoms with Crippen LogP contribution in [0.3, 0.4) is 0 Å². The molecule has 2 radical (unpaired) electrons. The van der Waals surface area contributed by atoms with Crippen molar-refractivity contribution in [2.45, 2.75) is 0 Å². The molecule has 19 heavy (non-hydrogen) atoms. The molecule has 0 aromatic heterocycles. The fourth-order valence-electron chi connectivity index (χ4n) is 0. The summed E-state index contributed by atoms with van der Waals surface area (Å²) in [7, 11) is 0. The van der Waals surface area contributed by atoms with Crippen LogP contribution < -0.4 is 0 Å². The smallest absolute Gasteiger partial charge is 2.00 e. The summed E-state index contributed by atoms with van der Waals surface area (Å²) < 4.78 is 0. The quantitative estimate of drug-likeness (QED) is 0.212. The summed E-state index contributed by atoms with van der Waals surface area (Å²) >= 11 is 0. The van der Waals surface area contributed by atoms with Gasteiger partial charge in [0.1, 0.15) is 0 Å². The van der Waals surface area contributed by atoms with E-state index in [0.29, 0.717) is 0 Å². The zero-order chi connectivity index (χ0) is 0. The maximum atomic E-state index is 0. The van der Waals surface area contributed by atoms with Crippen LogP contribution in [0.25, 0.3) is 0 Å². The molecule has 19 heteroatoms. The zero-order valence-electron chi connectivity index (χ0n) is 8.56. The molecule has 0 fully saturated rings. The van der Waals surface area contributed by atoms with E-state index in [4.69, 9.17) is 0 Å². The first-order valence-corrected chi connectivity index (χ1v) is 0. The van der Waals surface area contributed by atoms with E-state index < -0.39 is 0 Å². The van der Waals surface area contributed by atoms with E-state index in [-0.39, 0.29) is 348 Å². The average Bonchev–Trinajstić information content (AvgIpc) is 0. The van der Waals surface area contributed by atoms with Gasteiger partial charge in [-0.1, -0.05) is 0 Å². The molecular formula is Al2Cu2Ga2In2Se11. The van der Waals surface area contributed by atoms with Crippen LogP contribution in [0.15, 0.2) is 0 Å². The predicted octanol–water partition coefficient (Wildman–Crippen LogP) is -6.48. The van der Waals surface area contributed by atoms with Crippen molar-refractivity contribution in [3.8, 4) is 0 Å². The molecule has 0 atom stereocenters. The van der Waals surface area contributed by atoms with Gasteiger partial charge in [0.25, 0.3) is 0 Å². The minimum atomic E-state index is 0. The summed E-state index contributed by atoms with van der Waals surface area (Å²) in [4.78, 5) is 0. The summed E-state index contributed by atoms with van der Waals surface area (Å²) in [6.45, 7) is 0. The Kier molecular flexibility index (Phi) is 2120. The van der Waals surface area contributed by atoms with Crippen molar-refractivity contribution < 1.29 is 34.1 Å². The van der Waals surface area contributed by atoms with Gasteiger partial charge in [0, 0.05) is 0 Å². The molecule has 0 saturated carbocycles. The third-order valence-electron chi connectivity index (χ3n) is 0. The van der Waals surface area contributed by atoms with Gasteiger partial charge in [-0.15, -0.1) is 0 Å². The maximum absolute atomic E-state index is 0. The Balaban J connectivity index is 0. The molecule has 0 aromatic rings. The van der Waals surface area contributed by atoms with Crippen LogP contribution in [-0.4, -0.2) is 314 Å². The van der Waals surface area contributed by atoms with Gasteiger partial charge in [-0.25, -0.2) is 0 Å². The Morgan fingerprint density at radius 1 is 0.263 bits per heavy atom. The molecule has 0 aliphatic heterocycles. The molecule has 0 rings (SSSR count). The number of hydrogen-bond donors (Lipinski definition) is 0. The molecule has 0 spiro atoms. The van der Waals surface area contributed by atoms with Gasteiger partial charge in [0.15, 0.2) is 0 Å². The molecule has 0 heterocycles. The van der Waals surface area contributed by atoms with E-state index in [1.54, 1.807) is 0 Å². The Morgan fingerprint density at radius 3 is 0.263 bits per heavy atom. The molecule has 0 unspecified atom stereocenters. The molecule has 0 amide bonds. The minimum Gasteiger partial charge on any atom is -2.00 e. The van der Waals surface area contributed by atoms with Crippen LogP contribution in [0.4, 0.5) is 0 Å². The number of rotatable bonds is 0. The number of hydrogen-bond acceptors (Lipinski definition) is 0. The molecular weight excluding hydrogens is 1420 g/mol. The Hall–Kier alpha value is 10.8. The monoisotopic (exact) mass is 1430 g/mol. The zero-order valence-corrected chi connectivity index (χ0v) is 43.0. The van der Waals surface area contributed by atoms with Crippen molar-refractivity contribution in [1.29, 1.82) is 0 Å². The largest absolute Gasteiger partial charge is 3.00 e. The summed E-state index contributed by atoms with van der Waals surface area (Å²) in [6.07, 6.45) is 0. The molecule has 0 aromatic carbocycles. The van der Waals surface area contributed by atoms with E-state index in [9.17, 15) is 0 Å². The van der Waals surface area contributed by atoms with E-state index in [1.807, 2.05) is 0 Å². The van der Waals surface area contributed by atoms with Crippen molar-refractivity contribution in [1.82, 2.24) is 0 Å². The van der Waals surface area contributed by atoms with Crippen molar-refractivity contribution in [2.24, 2.45) is 0 Å². The Labute approximate surface area is 339 Å². The summed E-state index contributed by atoms with van der Waals surface area (Å²) in [5, 5.41) is 0. The standard InChI is InChI=1S/2Al.2Cu.2Ga.2In.11Se/q2*+3;2*+2;4*+3;11*-2. The van der Waals surface area contributed by atoms with Crippen LogP contribution in [0, 0.1) is 0 Å². The van der Waals surface area contributed by atoms with E-state index >= 15 is 0 Å². The van der Waals surface area contributed by atoms with Crippen LogP contribution in [-0.2, 0) is 34.1 Å². The minimum absolute atomic E-state index is 0. The third-order valence-corrected chi connectivity index (χ3v) is 0. The van der Waals surface area contributed by atoms with Gasteiger partial charge < -0.3 is 188 Å². The second kappa shape index (κ2) is 190. The van der Waals surface area contributed by atoms with Crippen molar-refractivity contribution in [2.75, 3.05) is 0 Å². The summed E-state index contributed by atoms with van der Waals surface area (Å²) in [6, 6.07) is 0. The first kappa shape index (κ1) is 211. The summed E-state index contributed by atoms with van der Waals surface area (Å²) in [5.41, 5.74) is 0. The van der Waals surface area contributed by atoms with Crippen molar-refractivity contribution in [3.63, 3.8) is 0 Å². The molecule has 0 bridgehead atoms. The van der Waals surface area contributed by atoms with Crippen LogP contribution in [0.2, 0.25) is 0 Å². The van der Waals surface area contributed by atoms with Crippen LogP contribution in [0.5, 0.6) is 0 Å².